The lowest BCUT2D eigenvalue weighted by Crippen LogP contribution is -2.35. The number of benzene rings is 2. The Balaban J connectivity index is 1.55. The van der Waals surface area contributed by atoms with Crippen molar-refractivity contribution in [2.75, 3.05) is 11.5 Å². The van der Waals surface area contributed by atoms with E-state index >= 15 is 0 Å². The van der Waals surface area contributed by atoms with Gasteiger partial charge in [-0.3, -0.25) is 4.90 Å². The van der Waals surface area contributed by atoms with Gasteiger partial charge in [0.25, 0.3) is 0 Å². The molecule has 0 aliphatic carbocycles. The Morgan fingerprint density at radius 3 is 2.37 bits per heavy atom. The van der Waals surface area contributed by atoms with Crippen molar-refractivity contribution in [2.24, 2.45) is 0 Å². The average molecular weight is 382 g/mol. The maximum absolute atomic E-state index is 12.0. The lowest BCUT2D eigenvalue weighted by Gasteiger charge is -2.27. The molecule has 1 unspecified atom stereocenters. The largest absolute Gasteiger partial charge is 0.289 e. The Hall–Kier alpha value is -2.51. The SMILES string of the molecule is O=S1(=O)CCC(N(Cc2ccccc2)Cc2cn(-c3ccccc3)nn2)C1. The quantitative estimate of drug-likeness (QED) is 0.655. The zero-order chi connectivity index (χ0) is 18.7. The van der Waals surface area contributed by atoms with E-state index in [1.807, 2.05) is 54.7 Å². The molecule has 6 nitrogen and oxygen atoms in total. The molecule has 2 aromatic carbocycles. The molecule has 0 amide bonds. The van der Waals surface area contributed by atoms with E-state index in [2.05, 4.69) is 27.3 Å². The van der Waals surface area contributed by atoms with Gasteiger partial charge in [-0.2, -0.15) is 0 Å². The van der Waals surface area contributed by atoms with Crippen LogP contribution in [0.3, 0.4) is 0 Å². The van der Waals surface area contributed by atoms with E-state index in [9.17, 15) is 8.42 Å². The molecule has 0 saturated carbocycles. The van der Waals surface area contributed by atoms with Crippen molar-refractivity contribution >= 4 is 9.84 Å². The highest BCUT2D eigenvalue weighted by Crippen LogP contribution is 2.22. The van der Waals surface area contributed by atoms with Gasteiger partial charge in [0.1, 0.15) is 0 Å². The summed E-state index contributed by atoms with van der Waals surface area (Å²) in [5.74, 6) is 0.478. The maximum atomic E-state index is 12.0. The molecule has 1 aliphatic rings. The molecule has 1 aromatic heterocycles. The summed E-state index contributed by atoms with van der Waals surface area (Å²) in [6.07, 6.45) is 2.58. The summed E-state index contributed by atoms with van der Waals surface area (Å²) in [5, 5.41) is 8.53. The molecule has 7 heteroatoms. The molecule has 0 bridgehead atoms. The highest BCUT2D eigenvalue weighted by atomic mass is 32.2. The Labute approximate surface area is 159 Å². The van der Waals surface area contributed by atoms with Gasteiger partial charge in [0.05, 0.1) is 29.1 Å². The molecule has 0 radical (unpaired) electrons. The van der Waals surface area contributed by atoms with E-state index in [-0.39, 0.29) is 17.5 Å². The number of nitrogens with zero attached hydrogens (tertiary/aromatic N) is 4. The van der Waals surface area contributed by atoms with Crippen LogP contribution in [0.4, 0.5) is 0 Å². The number of sulfone groups is 1. The first-order valence-electron chi connectivity index (χ1n) is 9.04. The summed E-state index contributed by atoms with van der Waals surface area (Å²) in [4.78, 5) is 2.21. The first kappa shape index (κ1) is 17.9. The zero-order valence-electron chi connectivity index (χ0n) is 15.0. The van der Waals surface area contributed by atoms with Crippen molar-refractivity contribution in [3.05, 3.63) is 78.1 Å². The van der Waals surface area contributed by atoms with Crippen LogP contribution in [0.15, 0.2) is 66.9 Å². The van der Waals surface area contributed by atoms with Gasteiger partial charge in [-0.15, -0.1) is 5.10 Å². The Morgan fingerprint density at radius 1 is 1.00 bits per heavy atom. The van der Waals surface area contributed by atoms with Gasteiger partial charge < -0.3 is 0 Å². The fraction of sp³-hybridized carbons (Fsp3) is 0.300. The first-order chi connectivity index (χ1) is 13.1. The predicted molar refractivity (Wildman–Crippen MR) is 104 cm³/mol. The number of aromatic nitrogens is 3. The molecule has 1 fully saturated rings. The van der Waals surface area contributed by atoms with Crippen LogP contribution in [-0.2, 0) is 22.9 Å². The highest BCUT2D eigenvalue weighted by Gasteiger charge is 2.32. The molecule has 4 rings (SSSR count). The first-order valence-corrected chi connectivity index (χ1v) is 10.9. The molecule has 27 heavy (non-hydrogen) atoms. The minimum atomic E-state index is -2.95. The van der Waals surface area contributed by atoms with Gasteiger partial charge in [0, 0.05) is 19.1 Å². The van der Waals surface area contributed by atoms with Crippen LogP contribution in [0.2, 0.25) is 0 Å². The zero-order valence-corrected chi connectivity index (χ0v) is 15.8. The molecular weight excluding hydrogens is 360 g/mol. The number of hydrogen-bond donors (Lipinski definition) is 0. The third-order valence-electron chi connectivity index (χ3n) is 4.88. The molecule has 0 spiro atoms. The van der Waals surface area contributed by atoms with Gasteiger partial charge in [-0.25, -0.2) is 13.1 Å². The van der Waals surface area contributed by atoms with E-state index in [1.165, 1.54) is 0 Å². The van der Waals surface area contributed by atoms with Crippen molar-refractivity contribution in [3.8, 4) is 5.69 Å². The average Bonchev–Trinajstić information content (AvgIpc) is 3.29. The topological polar surface area (TPSA) is 68.1 Å². The highest BCUT2D eigenvalue weighted by molar-refractivity contribution is 7.91. The van der Waals surface area contributed by atoms with Gasteiger partial charge in [-0.1, -0.05) is 53.7 Å². The van der Waals surface area contributed by atoms with Crippen LogP contribution in [0, 0.1) is 0 Å². The standard InChI is InChI=1S/C20H22N4O2S/c25-27(26)12-11-20(16-27)23(13-17-7-3-1-4-8-17)14-18-15-24(22-21-18)19-9-5-2-6-10-19/h1-10,15,20H,11-14,16H2. The van der Waals surface area contributed by atoms with E-state index < -0.39 is 9.84 Å². The number of rotatable bonds is 6. The summed E-state index contributed by atoms with van der Waals surface area (Å²) < 4.78 is 25.7. The fourth-order valence-electron chi connectivity index (χ4n) is 3.48. The van der Waals surface area contributed by atoms with Crippen LogP contribution in [0.25, 0.3) is 5.69 Å². The van der Waals surface area contributed by atoms with Crippen LogP contribution >= 0.6 is 0 Å². The third kappa shape index (κ3) is 4.43. The Bertz CT molecular complexity index is 987. The van der Waals surface area contributed by atoms with Gasteiger partial charge in [-0.05, 0) is 24.1 Å². The lowest BCUT2D eigenvalue weighted by atomic mass is 10.1. The molecule has 140 valence electrons. The summed E-state index contributed by atoms with van der Waals surface area (Å²) in [6, 6.07) is 20.0. The van der Waals surface area contributed by atoms with Gasteiger partial charge in [0.2, 0.25) is 0 Å². The molecule has 3 aromatic rings. The van der Waals surface area contributed by atoms with Crippen molar-refractivity contribution in [3.63, 3.8) is 0 Å². The van der Waals surface area contributed by atoms with Crippen molar-refractivity contribution in [1.29, 1.82) is 0 Å². The van der Waals surface area contributed by atoms with Crippen LogP contribution in [0.1, 0.15) is 17.7 Å². The molecular formula is C20H22N4O2S. The smallest absolute Gasteiger partial charge is 0.151 e. The molecule has 1 aliphatic heterocycles. The normalized spacial score (nSPS) is 18.8. The predicted octanol–water partition coefficient (Wildman–Crippen LogP) is 2.46. The van der Waals surface area contributed by atoms with Crippen molar-refractivity contribution in [1.82, 2.24) is 19.9 Å². The van der Waals surface area contributed by atoms with E-state index in [4.69, 9.17) is 0 Å². The second kappa shape index (κ2) is 7.62. The molecule has 1 saturated heterocycles. The number of hydrogen-bond acceptors (Lipinski definition) is 5. The van der Waals surface area contributed by atoms with Crippen LogP contribution in [-0.4, -0.2) is 45.9 Å². The van der Waals surface area contributed by atoms with Gasteiger partial charge >= 0.3 is 0 Å². The third-order valence-corrected chi connectivity index (χ3v) is 6.63. The Kier molecular flexibility index (Phi) is 5.05. The molecule has 2 heterocycles. The monoisotopic (exact) mass is 382 g/mol. The van der Waals surface area contributed by atoms with E-state index in [0.717, 1.165) is 16.9 Å². The molecule has 1 atom stereocenters. The summed E-state index contributed by atoms with van der Waals surface area (Å²) in [5.41, 5.74) is 2.95. The van der Waals surface area contributed by atoms with Crippen molar-refractivity contribution in [2.45, 2.75) is 25.6 Å². The summed E-state index contributed by atoms with van der Waals surface area (Å²) in [7, 11) is -2.95. The summed E-state index contributed by atoms with van der Waals surface area (Å²) >= 11 is 0. The van der Waals surface area contributed by atoms with E-state index in [0.29, 0.717) is 19.5 Å². The van der Waals surface area contributed by atoms with E-state index in [1.54, 1.807) is 4.68 Å². The second-order valence-corrected chi connectivity index (χ2v) is 9.17. The van der Waals surface area contributed by atoms with Crippen LogP contribution < -0.4 is 0 Å². The van der Waals surface area contributed by atoms with Gasteiger partial charge in [0.15, 0.2) is 9.84 Å². The fourth-order valence-corrected chi connectivity index (χ4v) is 5.24. The lowest BCUT2D eigenvalue weighted by molar-refractivity contribution is 0.192. The van der Waals surface area contributed by atoms with Crippen molar-refractivity contribution < 1.29 is 8.42 Å². The minimum absolute atomic E-state index is 0.0112. The van der Waals surface area contributed by atoms with Crippen LogP contribution in [0.5, 0.6) is 0 Å². The minimum Gasteiger partial charge on any atom is -0.289 e. The second-order valence-electron chi connectivity index (χ2n) is 6.94. The summed E-state index contributed by atoms with van der Waals surface area (Å²) in [6.45, 7) is 1.27. The number of para-hydroxylation sites is 1. The molecule has 0 N–H and O–H groups in total. The maximum Gasteiger partial charge on any atom is 0.151 e. The Morgan fingerprint density at radius 2 is 1.70 bits per heavy atom.